The molecule has 0 bridgehead atoms. The van der Waals surface area contributed by atoms with Gasteiger partial charge in [0, 0.05) is 43.8 Å². The number of fused-ring (bicyclic) bond motifs is 1. The minimum atomic E-state index is -2.69. The highest BCUT2D eigenvalue weighted by Crippen LogP contribution is 2.47. The molecule has 0 saturated heterocycles. The summed E-state index contributed by atoms with van der Waals surface area (Å²) in [6.07, 6.45) is 2.12. The number of ether oxygens (including phenoxy) is 1. The first kappa shape index (κ1) is 25.3. The van der Waals surface area contributed by atoms with Gasteiger partial charge in [-0.25, -0.2) is 8.78 Å². The molecule has 1 aromatic carbocycles. The Morgan fingerprint density at radius 2 is 1.74 bits per heavy atom. The fraction of sp³-hybridized carbons (Fsp3) is 0.593. The van der Waals surface area contributed by atoms with Gasteiger partial charge in [0.15, 0.2) is 5.69 Å². The van der Waals surface area contributed by atoms with Crippen molar-refractivity contribution in [3.63, 3.8) is 0 Å². The first-order valence-corrected chi connectivity index (χ1v) is 12.7. The molecular weight excluding hydrogens is 452 g/mol. The van der Waals surface area contributed by atoms with Crippen LogP contribution in [0.25, 0.3) is 0 Å². The molecule has 1 aromatic heterocycles. The lowest BCUT2D eigenvalue weighted by Gasteiger charge is -2.41. The second-order valence-electron chi connectivity index (χ2n) is 10.1. The molecule has 4 rings (SSSR count). The lowest BCUT2D eigenvalue weighted by molar-refractivity contribution is -0.0525. The Hall–Kier alpha value is -2.77. The van der Waals surface area contributed by atoms with E-state index in [9.17, 15) is 18.4 Å². The van der Waals surface area contributed by atoms with Crippen molar-refractivity contribution < 1.29 is 18.3 Å². The molecule has 0 radical (unpaired) electrons. The highest BCUT2D eigenvalue weighted by molar-refractivity contribution is 5.96. The third kappa shape index (κ3) is 5.11. The van der Waals surface area contributed by atoms with Crippen LogP contribution in [0.2, 0.25) is 0 Å². The zero-order valence-corrected chi connectivity index (χ0v) is 20.9. The number of nitrogens with zero attached hydrogens (tertiary/aromatic N) is 3. The molecule has 1 fully saturated rings. The first-order valence-electron chi connectivity index (χ1n) is 12.7. The Labute approximate surface area is 205 Å². The number of hydrogen-bond acceptors (Lipinski definition) is 4. The summed E-state index contributed by atoms with van der Waals surface area (Å²) in [6, 6.07) is 9.63. The van der Waals surface area contributed by atoms with E-state index in [1.165, 1.54) is 0 Å². The molecule has 1 amide bonds. The molecule has 2 heterocycles. The van der Waals surface area contributed by atoms with Crippen LogP contribution in [0, 0.1) is 0 Å². The normalized spacial score (nSPS) is 19.0. The van der Waals surface area contributed by atoms with E-state index in [1.54, 1.807) is 9.47 Å². The van der Waals surface area contributed by atoms with Gasteiger partial charge in [-0.1, -0.05) is 43.7 Å². The van der Waals surface area contributed by atoms with Gasteiger partial charge in [-0.2, -0.15) is 4.98 Å². The van der Waals surface area contributed by atoms with Gasteiger partial charge in [0.2, 0.25) is 11.7 Å². The number of benzene rings is 1. The van der Waals surface area contributed by atoms with Crippen molar-refractivity contribution in [2.24, 2.45) is 0 Å². The predicted molar refractivity (Wildman–Crippen MR) is 130 cm³/mol. The molecule has 0 unspecified atom stereocenters. The Kier molecular flexibility index (Phi) is 7.29. The van der Waals surface area contributed by atoms with Crippen LogP contribution in [0.3, 0.4) is 0 Å². The van der Waals surface area contributed by atoms with E-state index in [0.29, 0.717) is 31.9 Å². The molecule has 35 heavy (non-hydrogen) atoms. The minimum Gasteiger partial charge on any atom is -0.486 e. The van der Waals surface area contributed by atoms with Crippen molar-refractivity contribution in [3.8, 4) is 5.75 Å². The third-order valence-corrected chi connectivity index (χ3v) is 7.44. The van der Waals surface area contributed by atoms with Gasteiger partial charge >= 0.3 is 5.56 Å². The van der Waals surface area contributed by atoms with Crippen molar-refractivity contribution in [2.45, 2.75) is 89.6 Å². The molecule has 0 atom stereocenters. The summed E-state index contributed by atoms with van der Waals surface area (Å²) >= 11 is 0. The van der Waals surface area contributed by atoms with Crippen LogP contribution in [0.15, 0.2) is 35.1 Å². The summed E-state index contributed by atoms with van der Waals surface area (Å²) in [5.74, 6) is -2.46. The highest BCUT2D eigenvalue weighted by atomic mass is 19.3. The molecule has 1 aliphatic heterocycles. The first-order chi connectivity index (χ1) is 16.7. The number of amides is 1. The number of halogens is 2. The van der Waals surface area contributed by atoms with Crippen LogP contribution < -0.4 is 10.3 Å². The smallest absolute Gasteiger partial charge is 0.316 e. The van der Waals surface area contributed by atoms with Crippen molar-refractivity contribution in [2.75, 3.05) is 13.2 Å². The van der Waals surface area contributed by atoms with Crippen molar-refractivity contribution in [1.29, 1.82) is 0 Å². The van der Waals surface area contributed by atoms with Crippen molar-refractivity contribution in [3.05, 3.63) is 57.8 Å². The van der Waals surface area contributed by atoms with Crippen molar-refractivity contribution in [1.82, 2.24) is 14.5 Å². The Morgan fingerprint density at radius 3 is 2.37 bits per heavy atom. The van der Waals surface area contributed by atoms with Gasteiger partial charge < -0.3 is 14.2 Å². The topological polar surface area (TPSA) is 64.4 Å². The summed E-state index contributed by atoms with van der Waals surface area (Å²) < 4.78 is 36.0. The maximum absolute atomic E-state index is 14.2. The van der Waals surface area contributed by atoms with Gasteiger partial charge in [-0.3, -0.25) is 9.59 Å². The number of unbranched alkanes of at least 4 members (excludes halogenated alkanes) is 1. The number of carbonyl (C=O) groups excluding carboxylic acids is 1. The van der Waals surface area contributed by atoms with E-state index in [4.69, 9.17) is 4.74 Å². The monoisotopic (exact) mass is 487 g/mol. The summed E-state index contributed by atoms with van der Waals surface area (Å²) in [7, 11) is 0. The van der Waals surface area contributed by atoms with Gasteiger partial charge in [0.05, 0.1) is 6.61 Å². The molecular formula is C27H35F2N3O3. The fourth-order valence-electron chi connectivity index (χ4n) is 5.31. The Bertz CT molecular complexity index is 1100. The van der Waals surface area contributed by atoms with Crippen LogP contribution >= 0.6 is 0 Å². The number of carbonyl (C=O) groups is 1. The lowest BCUT2D eigenvalue weighted by atomic mass is 9.66. The summed E-state index contributed by atoms with van der Waals surface area (Å²) in [4.78, 5) is 32.8. The van der Waals surface area contributed by atoms with Crippen LogP contribution in [-0.2, 0) is 18.4 Å². The van der Waals surface area contributed by atoms with Gasteiger partial charge in [-0.05, 0) is 38.7 Å². The quantitative estimate of drug-likeness (QED) is 0.493. The molecule has 1 aliphatic carbocycles. The van der Waals surface area contributed by atoms with E-state index in [2.05, 4.69) is 4.98 Å². The average molecular weight is 488 g/mol. The predicted octanol–water partition coefficient (Wildman–Crippen LogP) is 4.98. The molecule has 0 spiro atoms. The maximum Gasteiger partial charge on any atom is 0.316 e. The molecule has 1 saturated carbocycles. The SMILES string of the molecule is CCCCOc1c2n(c(CC3(c4ccccc4)CCC(F)(F)CC3)nc1=O)CCN(C(C)C)C2=O. The van der Waals surface area contributed by atoms with Crippen LogP contribution in [-0.4, -0.2) is 45.5 Å². The van der Waals surface area contributed by atoms with Crippen LogP contribution in [0.5, 0.6) is 5.75 Å². The lowest BCUT2D eigenvalue weighted by Crippen LogP contribution is -2.47. The summed E-state index contributed by atoms with van der Waals surface area (Å²) in [6.45, 7) is 7.21. The number of hydrogen-bond donors (Lipinski definition) is 0. The third-order valence-electron chi connectivity index (χ3n) is 7.44. The molecule has 190 valence electrons. The van der Waals surface area contributed by atoms with Crippen LogP contribution in [0.1, 0.15) is 81.2 Å². The van der Waals surface area contributed by atoms with E-state index in [-0.39, 0.29) is 49.1 Å². The largest absolute Gasteiger partial charge is 0.486 e. The van der Waals surface area contributed by atoms with E-state index in [1.807, 2.05) is 51.1 Å². The average Bonchev–Trinajstić information content (AvgIpc) is 2.83. The Morgan fingerprint density at radius 1 is 1.06 bits per heavy atom. The molecule has 2 aliphatic rings. The standard InChI is InChI=1S/C27H35F2N3O3/c1-4-5-17-35-23-22-25(34)31(19(2)3)15-16-32(22)21(30-24(23)33)18-26(20-9-7-6-8-10-20)11-13-27(28,29)14-12-26/h6-10,19H,4-5,11-18H2,1-3H3. The second-order valence-corrected chi connectivity index (χ2v) is 10.1. The summed E-state index contributed by atoms with van der Waals surface area (Å²) in [5.41, 5.74) is 0.0609. The maximum atomic E-state index is 14.2. The number of rotatable bonds is 8. The van der Waals surface area contributed by atoms with Gasteiger partial charge in [-0.15, -0.1) is 0 Å². The zero-order valence-electron chi connectivity index (χ0n) is 20.9. The van der Waals surface area contributed by atoms with E-state index < -0.39 is 16.9 Å². The Balaban J connectivity index is 1.80. The van der Waals surface area contributed by atoms with E-state index in [0.717, 1.165) is 18.4 Å². The number of aromatic nitrogens is 2. The summed E-state index contributed by atoms with van der Waals surface area (Å²) in [5, 5.41) is 0. The van der Waals surface area contributed by atoms with Gasteiger partial charge in [0.25, 0.3) is 5.91 Å². The molecule has 2 aromatic rings. The van der Waals surface area contributed by atoms with Gasteiger partial charge in [0.1, 0.15) is 5.82 Å². The second kappa shape index (κ2) is 10.1. The highest BCUT2D eigenvalue weighted by Gasteiger charge is 2.45. The molecule has 8 heteroatoms. The fourth-order valence-corrected chi connectivity index (χ4v) is 5.31. The van der Waals surface area contributed by atoms with Crippen molar-refractivity contribution >= 4 is 5.91 Å². The minimum absolute atomic E-state index is 0.00138. The molecule has 6 nitrogen and oxygen atoms in total. The molecule has 0 N–H and O–H groups in total. The van der Waals surface area contributed by atoms with Crippen LogP contribution in [0.4, 0.5) is 8.78 Å². The number of alkyl halides is 2. The van der Waals surface area contributed by atoms with E-state index >= 15 is 0 Å². The zero-order chi connectivity index (χ0) is 25.2.